The van der Waals surface area contributed by atoms with Crippen LogP contribution in [-0.2, 0) is 9.59 Å². The molecule has 34 heavy (non-hydrogen) atoms. The van der Waals surface area contributed by atoms with Gasteiger partial charge in [0.1, 0.15) is 22.4 Å². The van der Waals surface area contributed by atoms with Gasteiger partial charge in [0.2, 0.25) is 5.91 Å². The standard InChI is InChI=1S/C25H20N2O5S2/c1-15-5-9-18(10-6-15)32-19-11-7-17(8-12-19)26-22(29)14-27-24(31)21(34-25(27)33)13-16-3-2-4-20(28)23(16)30/h2-13,28,30H,14H2,1H3,(H,26,29)/b21-13-. The highest BCUT2D eigenvalue weighted by atomic mass is 32.2. The van der Waals surface area contributed by atoms with Gasteiger partial charge in [-0.2, -0.15) is 0 Å². The number of thiocarbonyl (C=S) groups is 1. The summed E-state index contributed by atoms with van der Waals surface area (Å²) in [4.78, 5) is 26.7. The van der Waals surface area contributed by atoms with Crippen LogP contribution in [0.5, 0.6) is 23.0 Å². The molecule has 1 aliphatic heterocycles. The quantitative estimate of drug-likeness (QED) is 0.252. The number of benzene rings is 3. The molecule has 3 aromatic rings. The molecule has 4 rings (SSSR count). The average Bonchev–Trinajstić information content (AvgIpc) is 3.07. The molecule has 172 valence electrons. The van der Waals surface area contributed by atoms with Gasteiger partial charge >= 0.3 is 0 Å². The number of aryl methyl sites for hydroxylation is 1. The molecule has 0 spiro atoms. The van der Waals surface area contributed by atoms with Crippen LogP contribution in [0.3, 0.4) is 0 Å². The van der Waals surface area contributed by atoms with Crippen LogP contribution in [0.2, 0.25) is 0 Å². The fourth-order valence-corrected chi connectivity index (χ4v) is 4.38. The summed E-state index contributed by atoms with van der Waals surface area (Å²) in [6.07, 6.45) is 1.43. The van der Waals surface area contributed by atoms with Gasteiger partial charge in [0.25, 0.3) is 5.91 Å². The molecule has 0 atom stereocenters. The summed E-state index contributed by atoms with van der Waals surface area (Å²) in [5.74, 6) is -0.151. The van der Waals surface area contributed by atoms with E-state index in [-0.39, 0.29) is 32.8 Å². The lowest BCUT2D eigenvalue weighted by atomic mass is 10.1. The molecule has 9 heteroatoms. The fourth-order valence-electron chi connectivity index (χ4n) is 3.14. The van der Waals surface area contributed by atoms with E-state index < -0.39 is 11.8 Å². The van der Waals surface area contributed by atoms with Crippen molar-refractivity contribution in [3.8, 4) is 23.0 Å². The molecule has 1 saturated heterocycles. The van der Waals surface area contributed by atoms with Gasteiger partial charge in [0.15, 0.2) is 11.5 Å². The summed E-state index contributed by atoms with van der Waals surface area (Å²) in [6, 6.07) is 19.0. The lowest BCUT2D eigenvalue weighted by Gasteiger charge is -2.14. The number of ether oxygens (including phenoxy) is 1. The van der Waals surface area contributed by atoms with E-state index in [0.717, 1.165) is 17.3 Å². The van der Waals surface area contributed by atoms with Crippen LogP contribution in [0, 0.1) is 6.92 Å². The molecule has 1 fully saturated rings. The minimum Gasteiger partial charge on any atom is -0.504 e. The third-order valence-corrected chi connectivity index (χ3v) is 6.28. The minimum absolute atomic E-state index is 0.230. The predicted molar refractivity (Wildman–Crippen MR) is 136 cm³/mol. The van der Waals surface area contributed by atoms with Crippen molar-refractivity contribution < 1.29 is 24.5 Å². The first-order chi connectivity index (χ1) is 16.3. The van der Waals surface area contributed by atoms with E-state index in [9.17, 15) is 19.8 Å². The summed E-state index contributed by atoms with van der Waals surface area (Å²) in [7, 11) is 0. The summed E-state index contributed by atoms with van der Waals surface area (Å²) < 4.78 is 6.01. The van der Waals surface area contributed by atoms with Gasteiger partial charge in [-0.05, 0) is 55.5 Å². The molecule has 0 aliphatic carbocycles. The van der Waals surface area contributed by atoms with E-state index >= 15 is 0 Å². The first-order valence-electron chi connectivity index (χ1n) is 10.2. The molecule has 2 amide bonds. The van der Waals surface area contributed by atoms with Gasteiger partial charge in [-0.25, -0.2) is 0 Å². The Labute approximate surface area is 205 Å². The van der Waals surface area contributed by atoms with Crippen LogP contribution in [0.4, 0.5) is 5.69 Å². The summed E-state index contributed by atoms with van der Waals surface area (Å²) >= 11 is 6.28. The molecule has 7 nitrogen and oxygen atoms in total. The number of phenols is 2. The number of rotatable bonds is 6. The Balaban J connectivity index is 1.37. The topological polar surface area (TPSA) is 99.1 Å². The highest BCUT2D eigenvalue weighted by molar-refractivity contribution is 8.26. The first-order valence-corrected chi connectivity index (χ1v) is 11.4. The maximum atomic E-state index is 12.8. The zero-order chi connectivity index (χ0) is 24.2. The van der Waals surface area contributed by atoms with E-state index in [4.69, 9.17) is 17.0 Å². The largest absolute Gasteiger partial charge is 0.504 e. The smallest absolute Gasteiger partial charge is 0.266 e. The first kappa shape index (κ1) is 23.3. The number of anilines is 1. The monoisotopic (exact) mass is 492 g/mol. The lowest BCUT2D eigenvalue weighted by molar-refractivity contribution is -0.126. The van der Waals surface area contributed by atoms with Crippen LogP contribution in [0.1, 0.15) is 11.1 Å². The van der Waals surface area contributed by atoms with Crippen molar-refractivity contribution >= 4 is 51.9 Å². The van der Waals surface area contributed by atoms with Crippen molar-refractivity contribution in [1.29, 1.82) is 0 Å². The molecule has 0 bridgehead atoms. The molecular formula is C25H20N2O5S2. The number of phenolic OH excluding ortho intramolecular Hbond substituents is 2. The van der Waals surface area contributed by atoms with Gasteiger partial charge in [-0.15, -0.1) is 0 Å². The molecule has 0 unspecified atom stereocenters. The van der Waals surface area contributed by atoms with E-state index in [1.807, 2.05) is 31.2 Å². The fraction of sp³-hybridized carbons (Fsp3) is 0.0800. The third-order valence-electron chi connectivity index (χ3n) is 4.90. The molecular weight excluding hydrogens is 472 g/mol. The van der Waals surface area contributed by atoms with Crippen LogP contribution in [0.15, 0.2) is 71.6 Å². The number of nitrogens with zero attached hydrogens (tertiary/aromatic N) is 1. The number of hydrogen-bond donors (Lipinski definition) is 3. The lowest BCUT2D eigenvalue weighted by Crippen LogP contribution is -2.36. The second-order valence-electron chi connectivity index (χ2n) is 7.47. The number of hydrogen-bond acceptors (Lipinski definition) is 7. The average molecular weight is 493 g/mol. The van der Waals surface area contributed by atoms with Crippen molar-refractivity contribution in [3.63, 3.8) is 0 Å². The Morgan fingerprint density at radius 3 is 2.38 bits per heavy atom. The molecule has 3 N–H and O–H groups in total. The van der Waals surface area contributed by atoms with E-state index in [1.54, 1.807) is 36.4 Å². The Morgan fingerprint density at radius 2 is 1.71 bits per heavy atom. The van der Waals surface area contributed by atoms with Crippen LogP contribution in [-0.4, -0.2) is 37.8 Å². The Morgan fingerprint density at radius 1 is 1.06 bits per heavy atom. The summed E-state index contributed by atoms with van der Waals surface area (Å²) in [5.41, 5.74) is 1.96. The van der Waals surface area contributed by atoms with Crippen molar-refractivity contribution in [2.75, 3.05) is 11.9 Å². The highest BCUT2D eigenvalue weighted by Gasteiger charge is 2.33. The number of nitrogens with one attached hydrogen (secondary N) is 1. The van der Waals surface area contributed by atoms with Gasteiger partial charge in [-0.1, -0.05) is 53.8 Å². The second-order valence-corrected chi connectivity index (χ2v) is 9.15. The summed E-state index contributed by atoms with van der Waals surface area (Å²) in [5, 5.41) is 22.3. The molecule has 3 aromatic carbocycles. The zero-order valence-corrected chi connectivity index (χ0v) is 19.7. The Hall–Kier alpha value is -3.82. The highest BCUT2D eigenvalue weighted by Crippen LogP contribution is 2.36. The van der Waals surface area contributed by atoms with Crippen molar-refractivity contribution in [3.05, 3.63) is 82.8 Å². The van der Waals surface area contributed by atoms with E-state index in [2.05, 4.69) is 5.32 Å². The number of aromatic hydroxyl groups is 2. The minimum atomic E-state index is -0.449. The van der Waals surface area contributed by atoms with Gasteiger partial charge in [0.05, 0.1) is 4.91 Å². The second kappa shape index (κ2) is 9.98. The van der Waals surface area contributed by atoms with Crippen LogP contribution < -0.4 is 10.1 Å². The molecule has 0 radical (unpaired) electrons. The number of amides is 2. The molecule has 1 heterocycles. The normalized spacial score (nSPS) is 14.5. The van der Waals surface area contributed by atoms with Crippen molar-refractivity contribution in [2.24, 2.45) is 0 Å². The number of para-hydroxylation sites is 1. The zero-order valence-electron chi connectivity index (χ0n) is 18.0. The van der Waals surface area contributed by atoms with Crippen molar-refractivity contribution in [1.82, 2.24) is 4.90 Å². The van der Waals surface area contributed by atoms with E-state index in [1.165, 1.54) is 17.0 Å². The maximum Gasteiger partial charge on any atom is 0.266 e. The molecule has 0 aromatic heterocycles. The third kappa shape index (κ3) is 5.38. The SMILES string of the molecule is Cc1ccc(Oc2ccc(NC(=O)CN3C(=O)/C(=C/c4cccc(O)c4O)SC3=S)cc2)cc1. The van der Waals surface area contributed by atoms with Crippen molar-refractivity contribution in [2.45, 2.75) is 6.92 Å². The van der Waals surface area contributed by atoms with E-state index in [0.29, 0.717) is 17.2 Å². The number of carbonyl (C=O) groups is 2. The van der Waals surface area contributed by atoms with Gasteiger partial charge in [-0.3, -0.25) is 14.5 Å². The predicted octanol–water partition coefficient (Wildman–Crippen LogP) is 5.04. The maximum absolute atomic E-state index is 12.8. The number of carbonyl (C=O) groups excluding carboxylic acids is 2. The Kier molecular flexibility index (Phi) is 6.85. The Bertz CT molecular complexity index is 1290. The van der Waals surface area contributed by atoms with Gasteiger partial charge < -0.3 is 20.3 Å². The van der Waals surface area contributed by atoms with Gasteiger partial charge in [0, 0.05) is 11.3 Å². The van der Waals surface area contributed by atoms with Crippen LogP contribution in [0.25, 0.3) is 6.08 Å². The molecule has 0 saturated carbocycles. The number of thioether (sulfide) groups is 1. The molecule has 1 aliphatic rings. The summed E-state index contributed by atoms with van der Waals surface area (Å²) in [6.45, 7) is 1.74. The van der Waals surface area contributed by atoms with Crippen LogP contribution >= 0.6 is 24.0 Å².